The largest absolute Gasteiger partial charge is 0.324 e. The van der Waals surface area contributed by atoms with Crippen LogP contribution in [0.25, 0.3) is 0 Å². The van der Waals surface area contributed by atoms with Crippen LogP contribution in [0.3, 0.4) is 0 Å². The number of nitrogens with one attached hydrogen (secondary N) is 1. The van der Waals surface area contributed by atoms with Gasteiger partial charge in [0, 0.05) is 5.69 Å². The molecule has 1 aliphatic heterocycles. The third-order valence-corrected chi connectivity index (χ3v) is 5.17. The van der Waals surface area contributed by atoms with Gasteiger partial charge in [-0.2, -0.15) is 0 Å². The maximum absolute atomic E-state index is 13.1. The van der Waals surface area contributed by atoms with Crippen molar-refractivity contribution in [3.8, 4) is 0 Å². The summed E-state index contributed by atoms with van der Waals surface area (Å²) in [6, 6.07) is 13.6. The van der Waals surface area contributed by atoms with Crippen molar-refractivity contribution >= 4 is 23.4 Å². The Bertz CT molecular complexity index is 868. The summed E-state index contributed by atoms with van der Waals surface area (Å²) in [6.45, 7) is 6.10. The van der Waals surface area contributed by atoms with Gasteiger partial charge >= 0.3 is 0 Å². The van der Waals surface area contributed by atoms with E-state index in [1.54, 1.807) is 24.3 Å². The number of amides is 3. The molecular weight excluding hydrogens is 364 g/mol. The molecule has 2 aromatic carbocycles. The molecule has 0 unspecified atom stereocenters. The molecule has 1 N–H and O–H groups in total. The van der Waals surface area contributed by atoms with Crippen LogP contribution in [0.5, 0.6) is 0 Å². The van der Waals surface area contributed by atoms with Crippen LogP contribution in [0.4, 0.5) is 5.69 Å². The minimum Gasteiger partial charge on any atom is -0.324 e. The molecule has 3 rings (SSSR count). The number of imide groups is 1. The second-order valence-electron chi connectivity index (χ2n) is 7.96. The molecule has 0 bridgehead atoms. The van der Waals surface area contributed by atoms with Crippen molar-refractivity contribution < 1.29 is 14.4 Å². The number of fused-ring (bicyclic) bond motifs is 1. The molecule has 0 aliphatic carbocycles. The molecule has 152 valence electrons. The fourth-order valence-electron chi connectivity index (χ4n) is 3.63. The van der Waals surface area contributed by atoms with Crippen LogP contribution < -0.4 is 5.32 Å². The molecule has 1 aliphatic rings. The van der Waals surface area contributed by atoms with Gasteiger partial charge in [-0.05, 0) is 55.0 Å². The summed E-state index contributed by atoms with van der Waals surface area (Å²) in [5.41, 5.74) is 2.61. The van der Waals surface area contributed by atoms with Crippen LogP contribution in [0.1, 0.15) is 66.3 Å². The van der Waals surface area contributed by atoms with Crippen LogP contribution in [0.15, 0.2) is 48.5 Å². The van der Waals surface area contributed by atoms with Crippen molar-refractivity contribution in [2.24, 2.45) is 5.92 Å². The summed E-state index contributed by atoms with van der Waals surface area (Å²) in [4.78, 5) is 39.9. The first-order chi connectivity index (χ1) is 13.9. The van der Waals surface area contributed by atoms with E-state index in [0.29, 0.717) is 23.2 Å². The summed E-state index contributed by atoms with van der Waals surface area (Å²) in [5, 5.41) is 2.89. The van der Waals surface area contributed by atoms with Gasteiger partial charge in [-0.1, -0.05) is 51.5 Å². The van der Waals surface area contributed by atoms with Crippen molar-refractivity contribution in [3.63, 3.8) is 0 Å². The number of benzene rings is 2. The molecule has 5 nitrogen and oxygen atoms in total. The third kappa shape index (κ3) is 4.56. The number of carbonyl (C=O) groups excluding carboxylic acids is 3. The van der Waals surface area contributed by atoms with E-state index < -0.39 is 17.9 Å². The number of rotatable bonds is 8. The lowest BCUT2D eigenvalue weighted by Crippen LogP contribution is -2.47. The highest BCUT2D eigenvalue weighted by Crippen LogP contribution is 2.27. The predicted molar refractivity (Wildman–Crippen MR) is 114 cm³/mol. The summed E-state index contributed by atoms with van der Waals surface area (Å²) in [5.74, 6) is -0.997. The van der Waals surface area contributed by atoms with E-state index >= 15 is 0 Å². The van der Waals surface area contributed by atoms with E-state index in [4.69, 9.17) is 0 Å². The van der Waals surface area contributed by atoms with E-state index in [0.717, 1.165) is 24.2 Å². The highest BCUT2D eigenvalue weighted by Gasteiger charge is 2.42. The topological polar surface area (TPSA) is 66.5 Å². The Balaban J connectivity index is 1.79. The second kappa shape index (κ2) is 9.03. The monoisotopic (exact) mass is 392 g/mol. The van der Waals surface area contributed by atoms with Crippen LogP contribution >= 0.6 is 0 Å². The number of aryl methyl sites for hydroxylation is 1. The van der Waals surface area contributed by atoms with Gasteiger partial charge in [-0.3, -0.25) is 19.3 Å². The number of hydrogen-bond acceptors (Lipinski definition) is 3. The molecule has 1 heterocycles. The molecule has 3 amide bonds. The second-order valence-corrected chi connectivity index (χ2v) is 7.96. The Hall–Kier alpha value is -2.95. The number of anilines is 1. The summed E-state index contributed by atoms with van der Waals surface area (Å²) >= 11 is 0. The number of nitrogens with zero attached hydrogens (tertiary/aromatic N) is 1. The Morgan fingerprint density at radius 1 is 0.966 bits per heavy atom. The van der Waals surface area contributed by atoms with E-state index in [9.17, 15) is 14.4 Å². The molecule has 5 heteroatoms. The van der Waals surface area contributed by atoms with Gasteiger partial charge in [0.25, 0.3) is 11.8 Å². The molecular formula is C24H28N2O3. The van der Waals surface area contributed by atoms with Gasteiger partial charge < -0.3 is 5.32 Å². The Labute approximate surface area is 172 Å². The van der Waals surface area contributed by atoms with Crippen LogP contribution in [-0.2, 0) is 11.2 Å². The van der Waals surface area contributed by atoms with Gasteiger partial charge in [0.2, 0.25) is 5.91 Å². The maximum atomic E-state index is 13.1. The SMILES string of the molecule is CCCCc1ccc(NC(=O)[C@H](CC(C)C)N2C(=O)c3ccccc3C2=O)cc1. The molecule has 0 fully saturated rings. The molecule has 0 radical (unpaired) electrons. The minimum atomic E-state index is -0.845. The van der Waals surface area contributed by atoms with Crippen LogP contribution in [-0.4, -0.2) is 28.7 Å². The lowest BCUT2D eigenvalue weighted by molar-refractivity contribution is -0.120. The van der Waals surface area contributed by atoms with E-state index in [2.05, 4.69) is 12.2 Å². The first kappa shape index (κ1) is 20.8. The fraction of sp³-hybridized carbons (Fsp3) is 0.375. The van der Waals surface area contributed by atoms with Gasteiger partial charge in [0.15, 0.2) is 0 Å². The minimum absolute atomic E-state index is 0.145. The van der Waals surface area contributed by atoms with Crippen molar-refractivity contribution in [1.82, 2.24) is 4.90 Å². The highest BCUT2D eigenvalue weighted by molar-refractivity contribution is 6.23. The van der Waals surface area contributed by atoms with Gasteiger partial charge in [0.1, 0.15) is 6.04 Å². The highest BCUT2D eigenvalue weighted by atomic mass is 16.2. The normalized spacial score (nSPS) is 14.3. The lowest BCUT2D eigenvalue weighted by Gasteiger charge is -2.26. The number of hydrogen-bond donors (Lipinski definition) is 1. The smallest absolute Gasteiger partial charge is 0.262 e. The van der Waals surface area contributed by atoms with Gasteiger partial charge in [0.05, 0.1) is 11.1 Å². The molecule has 1 atom stereocenters. The summed E-state index contributed by atoms with van der Waals surface area (Å²) in [6.07, 6.45) is 3.68. The number of carbonyl (C=O) groups is 3. The Morgan fingerprint density at radius 3 is 2.07 bits per heavy atom. The third-order valence-electron chi connectivity index (χ3n) is 5.17. The van der Waals surface area contributed by atoms with Crippen molar-refractivity contribution in [3.05, 3.63) is 65.2 Å². The van der Waals surface area contributed by atoms with Crippen molar-refractivity contribution in [1.29, 1.82) is 0 Å². The van der Waals surface area contributed by atoms with Crippen LogP contribution in [0, 0.1) is 5.92 Å². The first-order valence-corrected chi connectivity index (χ1v) is 10.3. The zero-order chi connectivity index (χ0) is 21.0. The standard InChI is InChI=1S/C24H28N2O3/c1-4-5-8-17-11-13-18(14-12-17)25-22(27)21(15-16(2)3)26-23(28)19-9-6-7-10-20(19)24(26)29/h6-7,9-14,16,21H,4-5,8,15H2,1-3H3,(H,25,27)/t21-/m0/s1. The average molecular weight is 392 g/mol. The average Bonchev–Trinajstić information content (AvgIpc) is 2.96. The van der Waals surface area contributed by atoms with Crippen LogP contribution in [0.2, 0.25) is 0 Å². The summed E-state index contributed by atoms with van der Waals surface area (Å²) < 4.78 is 0. The molecule has 0 aromatic heterocycles. The van der Waals surface area contributed by atoms with Gasteiger partial charge in [-0.25, -0.2) is 0 Å². The molecule has 29 heavy (non-hydrogen) atoms. The van der Waals surface area contributed by atoms with Crippen molar-refractivity contribution in [2.45, 2.75) is 52.5 Å². The fourth-order valence-corrected chi connectivity index (χ4v) is 3.63. The molecule has 0 spiro atoms. The Morgan fingerprint density at radius 2 is 1.55 bits per heavy atom. The predicted octanol–water partition coefficient (Wildman–Crippen LogP) is 4.68. The zero-order valence-electron chi connectivity index (χ0n) is 17.3. The maximum Gasteiger partial charge on any atom is 0.262 e. The quantitative estimate of drug-likeness (QED) is 0.664. The zero-order valence-corrected chi connectivity index (χ0v) is 17.3. The molecule has 0 saturated carbocycles. The Kier molecular flexibility index (Phi) is 6.47. The molecule has 0 saturated heterocycles. The lowest BCUT2D eigenvalue weighted by atomic mass is 10.0. The van der Waals surface area contributed by atoms with E-state index in [1.165, 1.54) is 5.56 Å². The van der Waals surface area contributed by atoms with Gasteiger partial charge in [-0.15, -0.1) is 0 Å². The number of unbranched alkanes of at least 4 members (excludes halogenated alkanes) is 1. The van der Waals surface area contributed by atoms with Crippen molar-refractivity contribution in [2.75, 3.05) is 5.32 Å². The molecule has 2 aromatic rings. The first-order valence-electron chi connectivity index (χ1n) is 10.3. The van der Waals surface area contributed by atoms with E-state index in [-0.39, 0.29) is 11.8 Å². The van der Waals surface area contributed by atoms with E-state index in [1.807, 2.05) is 38.1 Å². The summed E-state index contributed by atoms with van der Waals surface area (Å²) in [7, 11) is 0.